The second kappa shape index (κ2) is 10.9. The molecule has 0 radical (unpaired) electrons. The lowest BCUT2D eigenvalue weighted by Gasteiger charge is -2.34. The Balaban J connectivity index is 2.12. The summed E-state index contributed by atoms with van der Waals surface area (Å²) in [4.78, 5) is 38.0. The fraction of sp³-hybridized carbons (Fsp3) is 0.571. The molecule has 0 unspecified atom stereocenters. The molecule has 0 spiro atoms. The van der Waals surface area contributed by atoms with Gasteiger partial charge in [-0.1, -0.05) is 49.6 Å². The summed E-state index contributed by atoms with van der Waals surface area (Å²) in [6.07, 6.45) is 3.62. The molecule has 0 aromatic heterocycles. The molecule has 0 heterocycles. The van der Waals surface area contributed by atoms with Gasteiger partial charge in [-0.25, -0.2) is 0 Å². The molecule has 1 fully saturated rings. The van der Waals surface area contributed by atoms with Gasteiger partial charge in [-0.15, -0.1) is 0 Å². The summed E-state index contributed by atoms with van der Waals surface area (Å²) in [5.41, 5.74) is 11.7. The number of rotatable bonds is 9. The third-order valence-electron chi connectivity index (χ3n) is 5.49. The lowest BCUT2D eigenvalue weighted by molar-refractivity contribution is -0.144. The van der Waals surface area contributed by atoms with Gasteiger partial charge in [0.25, 0.3) is 5.91 Å². The second-order valence-corrected chi connectivity index (χ2v) is 7.77. The number of benzene rings is 1. The molecule has 1 aliphatic rings. The van der Waals surface area contributed by atoms with Gasteiger partial charge in [0.05, 0.1) is 18.5 Å². The van der Waals surface area contributed by atoms with E-state index < -0.39 is 35.9 Å². The number of hydrogen-bond donors (Lipinski definition) is 4. The second-order valence-electron chi connectivity index (χ2n) is 7.77. The van der Waals surface area contributed by atoms with Gasteiger partial charge in [0.1, 0.15) is 0 Å². The number of primary amides is 1. The Kier molecular flexibility index (Phi) is 8.60. The van der Waals surface area contributed by atoms with E-state index in [1.54, 1.807) is 11.9 Å². The number of aliphatic hydroxyl groups is 1. The van der Waals surface area contributed by atoms with E-state index in [2.05, 4.69) is 5.32 Å². The standard InChI is InChI=1S/C21H32N4O4/c1-25(15-10-6-3-7-11-15)21(29)19(27)17(12-14-8-4-2-5-9-14)24-20(28)16(22)13-18(23)26/h2,4-5,8-9,15-17,19,27H,3,6-7,10-13,22H2,1H3,(H2,23,26)(H,24,28)/t16-,17+,19-/m0/s1. The van der Waals surface area contributed by atoms with Crippen LogP contribution in [-0.2, 0) is 20.8 Å². The third-order valence-corrected chi connectivity index (χ3v) is 5.49. The average Bonchev–Trinajstić information content (AvgIpc) is 2.72. The number of amides is 3. The minimum Gasteiger partial charge on any atom is -0.381 e. The van der Waals surface area contributed by atoms with Crippen LogP contribution in [0.4, 0.5) is 0 Å². The lowest BCUT2D eigenvalue weighted by atomic mass is 9.93. The Morgan fingerprint density at radius 2 is 1.79 bits per heavy atom. The van der Waals surface area contributed by atoms with Crippen LogP contribution in [-0.4, -0.2) is 59.0 Å². The normalized spacial score (nSPS) is 17.8. The summed E-state index contributed by atoms with van der Waals surface area (Å²) in [6, 6.07) is 7.33. The van der Waals surface area contributed by atoms with Crippen LogP contribution in [0.2, 0.25) is 0 Å². The van der Waals surface area contributed by atoms with Crippen LogP contribution >= 0.6 is 0 Å². The number of nitrogens with one attached hydrogen (secondary N) is 1. The van der Waals surface area contributed by atoms with Crippen molar-refractivity contribution in [3.8, 4) is 0 Å². The average molecular weight is 405 g/mol. The molecule has 0 aliphatic heterocycles. The molecule has 0 bridgehead atoms. The predicted molar refractivity (Wildman–Crippen MR) is 110 cm³/mol. The maximum absolute atomic E-state index is 12.9. The molecule has 2 rings (SSSR count). The highest BCUT2D eigenvalue weighted by Gasteiger charge is 2.34. The van der Waals surface area contributed by atoms with Crippen LogP contribution in [0.3, 0.4) is 0 Å². The Bertz CT molecular complexity index is 691. The summed E-state index contributed by atoms with van der Waals surface area (Å²) >= 11 is 0. The molecule has 1 aliphatic carbocycles. The zero-order chi connectivity index (χ0) is 21.4. The predicted octanol–water partition coefficient (Wildman–Crippen LogP) is 0.0686. The van der Waals surface area contributed by atoms with Crippen LogP contribution in [0.1, 0.15) is 44.1 Å². The van der Waals surface area contributed by atoms with Gasteiger partial charge in [0, 0.05) is 13.1 Å². The van der Waals surface area contributed by atoms with Crippen molar-refractivity contribution in [2.75, 3.05) is 7.05 Å². The van der Waals surface area contributed by atoms with E-state index in [4.69, 9.17) is 11.5 Å². The number of carbonyl (C=O) groups is 3. The van der Waals surface area contributed by atoms with Crippen molar-refractivity contribution < 1.29 is 19.5 Å². The third kappa shape index (κ3) is 6.83. The Labute approximate surface area is 171 Å². The molecule has 1 aromatic rings. The van der Waals surface area contributed by atoms with Gasteiger partial charge in [0.2, 0.25) is 11.8 Å². The number of hydrogen-bond acceptors (Lipinski definition) is 5. The summed E-state index contributed by atoms with van der Waals surface area (Å²) in [5, 5.41) is 13.5. The highest BCUT2D eigenvalue weighted by Crippen LogP contribution is 2.22. The number of nitrogens with zero attached hydrogens (tertiary/aromatic N) is 1. The van der Waals surface area contributed by atoms with Crippen molar-refractivity contribution in [2.45, 2.75) is 69.2 Å². The molecule has 1 saturated carbocycles. The van der Waals surface area contributed by atoms with Crippen molar-refractivity contribution in [1.29, 1.82) is 0 Å². The number of carbonyl (C=O) groups excluding carboxylic acids is 3. The van der Waals surface area contributed by atoms with E-state index in [9.17, 15) is 19.5 Å². The molecule has 1 aromatic carbocycles. The van der Waals surface area contributed by atoms with E-state index in [0.29, 0.717) is 0 Å². The summed E-state index contributed by atoms with van der Waals surface area (Å²) in [5.74, 6) is -1.75. The zero-order valence-electron chi connectivity index (χ0n) is 16.9. The molecule has 3 amide bonds. The van der Waals surface area contributed by atoms with Gasteiger partial charge in [-0.05, 0) is 24.8 Å². The van der Waals surface area contributed by atoms with Crippen molar-refractivity contribution in [1.82, 2.24) is 10.2 Å². The topological polar surface area (TPSA) is 139 Å². The minimum atomic E-state index is -1.42. The maximum Gasteiger partial charge on any atom is 0.253 e. The van der Waals surface area contributed by atoms with Gasteiger partial charge in [-0.3, -0.25) is 14.4 Å². The van der Waals surface area contributed by atoms with Crippen LogP contribution in [0.5, 0.6) is 0 Å². The van der Waals surface area contributed by atoms with Crippen LogP contribution in [0, 0.1) is 0 Å². The summed E-state index contributed by atoms with van der Waals surface area (Å²) in [7, 11) is 1.70. The fourth-order valence-corrected chi connectivity index (χ4v) is 3.74. The Morgan fingerprint density at radius 1 is 1.17 bits per heavy atom. The first-order valence-electron chi connectivity index (χ1n) is 10.1. The van der Waals surface area contributed by atoms with E-state index in [1.807, 2.05) is 30.3 Å². The molecular weight excluding hydrogens is 372 g/mol. The number of aliphatic hydroxyl groups excluding tert-OH is 1. The molecule has 6 N–H and O–H groups in total. The Hall–Kier alpha value is -2.45. The first-order valence-corrected chi connectivity index (χ1v) is 10.1. The summed E-state index contributed by atoms with van der Waals surface area (Å²) < 4.78 is 0. The molecule has 29 heavy (non-hydrogen) atoms. The monoisotopic (exact) mass is 404 g/mol. The number of nitrogens with two attached hydrogens (primary N) is 2. The van der Waals surface area contributed by atoms with Crippen LogP contribution < -0.4 is 16.8 Å². The first kappa shape index (κ1) is 22.8. The fourth-order valence-electron chi connectivity index (χ4n) is 3.74. The molecule has 0 saturated heterocycles. The van der Waals surface area contributed by atoms with Crippen molar-refractivity contribution >= 4 is 17.7 Å². The molecule has 8 nitrogen and oxygen atoms in total. The van der Waals surface area contributed by atoms with E-state index in [1.165, 1.54) is 0 Å². The number of likely N-dealkylation sites (N-methyl/N-ethyl adjacent to an activating group) is 1. The van der Waals surface area contributed by atoms with Gasteiger partial charge in [0.15, 0.2) is 6.10 Å². The van der Waals surface area contributed by atoms with Crippen molar-refractivity contribution in [2.24, 2.45) is 11.5 Å². The maximum atomic E-state index is 12.9. The smallest absolute Gasteiger partial charge is 0.253 e. The zero-order valence-corrected chi connectivity index (χ0v) is 16.9. The van der Waals surface area contributed by atoms with E-state index >= 15 is 0 Å². The molecular formula is C21H32N4O4. The summed E-state index contributed by atoms with van der Waals surface area (Å²) in [6.45, 7) is 0. The highest BCUT2D eigenvalue weighted by atomic mass is 16.3. The highest BCUT2D eigenvalue weighted by molar-refractivity contribution is 5.88. The van der Waals surface area contributed by atoms with E-state index in [0.717, 1.165) is 37.7 Å². The molecule has 8 heteroatoms. The lowest BCUT2D eigenvalue weighted by Crippen LogP contribution is -2.56. The molecule has 3 atom stereocenters. The minimum absolute atomic E-state index is 0.0936. The SMILES string of the molecule is CN(C(=O)[C@@H](O)[C@@H](Cc1ccccc1)NC(=O)[C@@H](N)CC(N)=O)C1CCCCC1. The molecule has 160 valence electrons. The van der Waals surface area contributed by atoms with Gasteiger partial charge in [-0.2, -0.15) is 0 Å². The van der Waals surface area contributed by atoms with Crippen LogP contribution in [0.15, 0.2) is 30.3 Å². The van der Waals surface area contributed by atoms with Crippen molar-refractivity contribution in [3.05, 3.63) is 35.9 Å². The Morgan fingerprint density at radius 3 is 2.38 bits per heavy atom. The first-order chi connectivity index (χ1) is 13.8. The largest absolute Gasteiger partial charge is 0.381 e. The van der Waals surface area contributed by atoms with Crippen LogP contribution in [0.25, 0.3) is 0 Å². The van der Waals surface area contributed by atoms with E-state index in [-0.39, 0.29) is 18.9 Å². The van der Waals surface area contributed by atoms with Crippen molar-refractivity contribution in [3.63, 3.8) is 0 Å². The van der Waals surface area contributed by atoms with Gasteiger partial charge < -0.3 is 26.8 Å². The quantitative estimate of drug-likeness (QED) is 0.461. The van der Waals surface area contributed by atoms with Gasteiger partial charge >= 0.3 is 0 Å².